The van der Waals surface area contributed by atoms with Gasteiger partial charge in [-0.15, -0.1) is 0 Å². The number of aryl methyl sites for hydroxylation is 2. The first-order valence-electron chi connectivity index (χ1n) is 7.58. The van der Waals surface area contributed by atoms with Crippen molar-refractivity contribution in [3.63, 3.8) is 0 Å². The van der Waals surface area contributed by atoms with Crippen molar-refractivity contribution in [1.82, 2.24) is 5.32 Å². The molecule has 1 N–H and O–H groups in total. The van der Waals surface area contributed by atoms with Gasteiger partial charge in [0.1, 0.15) is 5.75 Å². The molecular formula is C19H25NO. The van der Waals surface area contributed by atoms with E-state index >= 15 is 0 Å². The second-order valence-electron chi connectivity index (χ2n) is 5.43. The normalized spacial score (nSPS) is 12.2. The highest BCUT2D eigenvalue weighted by atomic mass is 16.5. The zero-order chi connectivity index (χ0) is 15.2. The molecule has 0 amide bonds. The van der Waals surface area contributed by atoms with Crippen LogP contribution in [0.25, 0.3) is 0 Å². The highest BCUT2D eigenvalue weighted by Crippen LogP contribution is 2.29. The Morgan fingerprint density at radius 3 is 2.29 bits per heavy atom. The van der Waals surface area contributed by atoms with Crippen LogP contribution >= 0.6 is 0 Å². The summed E-state index contributed by atoms with van der Waals surface area (Å²) >= 11 is 0. The third kappa shape index (κ3) is 3.64. The molecule has 1 unspecified atom stereocenters. The maximum Gasteiger partial charge on any atom is 0.123 e. The molecule has 0 aromatic heterocycles. The topological polar surface area (TPSA) is 21.3 Å². The van der Waals surface area contributed by atoms with Crippen LogP contribution in [0.4, 0.5) is 0 Å². The highest BCUT2D eigenvalue weighted by molar-refractivity contribution is 5.40. The quantitative estimate of drug-likeness (QED) is 0.857. The number of methoxy groups -OCH3 is 1. The zero-order valence-electron chi connectivity index (χ0n) is 13.4. The van der Waals surface area contributed by atoms with E-state index in [1.54, 1.807) is 7.11 Å². The van der Waals surface area contributed by atoms with Gasteiger partial charge in [0.25, 0.3) is 0 Å². The van der Waals surface area contributed by atoms with Gasteiger partial charge in [0, 0.05) is 11.6 Å². The Kier molecular flexibility index (Phi) is 5.40. The lowest BCUT2D eigenvalue weighted by Crippen LogP contribution is -2.24. The van der Waals surface area contributed by atoms with Gasteiger partial charge in [-0.05, 0) is 49.6 Å². The first-order valence-corrected chi connectivity index (χ1v) is 7.58. The molecule has 2 heteroatoms. The Balaban J connectivity index is 2.35. The standard InChI is InChI=1S/C19H25NO/c1-5-20-18(16-11-6-7-12-19(16)21-4)13-17-14(2)9-8-10-15(17)3/h6-12,18,20H,5,13H2,1-4H3. The van der Waals surface area contributed by atoms with Gasteiger partial charge in [-0.1, -0.05) is 43.3 Å². The summed E-state index contributed by atoms with van der Waals surface area (Å²) < 4.78 is 5.53. The van der Waals surface area contributed by atoms with E-state index in [1.807, 2.05) is 12.1 Å². The molecule has 0 spiro atoms. The molecule has 0 fully saturated rings. The monoisotopic (exact) mass is 283 g/mol. The zero-order valence-corrected chi connectivity index (χ0v) is 13.4. The number of nitrogens with one attached hydrogen (secondary N) is 1. The Morgan fingerprint density at radius 2 is 1.67 bits per heavy atom. The Hall–Kier alpha value is -1.80. The Labute approximate surface area is 128 Å². The maximum atomic E-state index is 5.53. The minimum absolute atomic E-state index is 0.269. The van der Waals surface area contributed by atoms with Gasteiger partial charge in [-0.25, -0.2) is 0 Å². The number of rotatable bonds is 6. The van der Waals surface area contributed by atoms with Gasteiger partial charge in [0.05, 0.1) is 7.11 Å². The average Bonchev–Trinajstić information content (AvgIpc) is 2.50. The van der Waals surface area contributed by atoms with E-state index in [2.05, 4.69) is 56.4 Å². The second kappa shape index (κ2) is 7.28. The van der Waals surface area contributed by atoms with Crippen molar-refractivity contribution in [2.24, 2.45) is 0 Å². The van der Waals surface area contributed by atoms with Crippen molar-refractivity contribution in [2.75, 3.05) is 13.7 Å². The predicted octanol–water partition coefficient (Wildman–Crippen LogP) is 4.21. The molecule has 0 saturated heterocycles. The molecular weight excluding hydrogens is 258 g/mol. The summed E-state index contributed by atoms with van der Waals surface area (Å²) in [5, 5.41) is 3.60. The Bertz CT molecular complexity index is 572. The van der Waals surface area contributed by atoms with Crippen molar-refractivity contribution in [3.8, 4) is 5.75 Å². The van der Waals surface area contributed by atoms with Crippen LogP contribution in [0.1, 0.15) is 35.2 Å². The van der Waals surface area contributed by atoms with Crippen molar-refractivity contribution in [1.29, 1.82) is 0 Å². The maximum absolute atomic E-state index is 5.53. The number of hydrogen-bond donors (Lipinski definition) is 1. The number of benzene rings is 2. The number of ether oxygens (including phenoxy) is 1. The first kappa shape index (κ1) is 15.6. The van der Waals surface area contributed by atoms with Gasteiger partial charge < -0.3 is 10.1 Å². The van der Waals surface area contributed by atoms with Gasteiger partial charge in [-0.3, -0.25) is 0 Å². The van der Waals surface area contributed by atoms with E-state index in [4.69, 9.17) is 4.74 Å². The lowest BCUT2D eigenvalue weighted by molar-refractivity contribution is 0.399. The van der Waals surface area contributed by atoms with Gasteiger partial charge in [0.2, 0.25) is 0 Å². The molecule has 0 radical (unpaired) electrons. The van der Waals surface area contributed by atoms with Crippen LogP contribution in [0, 0.1) is 13.8 Å². The predicted molar refractivity (Wildman–Crippen MR) is 89.0 cm³/mol. The van der Waals surface area contributed by atoms with Crippen molar-refractivity contribution >= 4 is 0 Å². The molecule has 112 valence electrons. The third-order valence-electron chi connectivity index (χ3n) is 4.02. The minimum atomic E-state index is 0.269. The van der Waals surface area contributed by atoms with Gasteiger partial charge >= 0.3 is 0 Å². The van der Waals surface area contributed by atoms with E-state index < -0.39 is 0 Å². The second-order valence-corrected chi connectivity index (χ2v) is 5.43. The summed E-state index contributed by atoms with van der Waals surface area (Å²) in [6, 6.07) is 15.0. The summed E-state index contributed by atoms with van der Waals surface area (Å²) in [7, 11) is 1.74. The van der Waals surface area contributed by atoms with E-state index in [1.165, 1.54) is 22.3 Å². The molecule has 21 heavy (non-hydrogen) atoms. The summed E-state index contributed by atoms with van der Waals surface area (Å²) in [6.45, 7) is 7.46. The van der Waals surface area contributed by atoms with E-state index in [0.29, 0.717) is 0 Å². The van der Waals surface area contributed by atoms with Crippen LogP contribution in [0.2, 0.25) is 0 Å². The molecule has 0 bridgehead atoms. The van der Waals surface area contributed by atoms with Crippen LogP contribution in [0.3, 0.4) is 0 Å². The SMILES string of the molecule is CCNC(Cc1c(C)cccc1C)c1ccccc1OC. The van der Waals surface area contributed by atoms with E-state index in [0.717, 1.165) is 18.7 Å². The van der Waals surface area contributed by atoms with Crippen LogP contribution in [-0.2, 0) is 6.42 Å². The van der Waals surface area contributed by atoms with Crippen LogP contribution < -0.4 is 10.1 Å². The molecule has 2 nitrogen and oxygen atoms in total. The molecule has 1 atom stereocenters. The molecule has 2 aromatic rings. The summed E-state index contributed by atoms with van der Waals surface area (Å²) in [6.07, 6.45) is 0.979. The van der Waals surface area contributed by atoms with Crippen LogP contribution in [0.5, 0.6) is 5.75 Å². The van der Waals surface area contributed by atoms with Crippen molar-refractivity contribution in [3.05, 3.63) is 64.7 Å². The molecule has 0 saturated carbocycles. The van der Waals surface area contributed by atoms with Gasteiger partial charge in [-0.2, -0.15) is 0 Å². The van der Waals surface area contributed by atoms with Crippen molar-refractivity contribution < 1.29 is 4.74 Å². The molecule has 0 aliphatic carbocycles. The van der Waals surface area contributed by atoms with Crippen LogP contribution in [0.15, 0.2) is 42.5 Å². The lowest BCUT2D eigenvalue weighted by atomic mass is 9.92. The van der Waals surface area contributed by atoms with Crippen molar-refractivity contribution in [2.45, 2.75) is 33.2 Å². The molecule has 2 rings (SSSR count). The number of hydrogen-bond acceptors (Lipinski definition) is 2. The number of likely N-dealkylation sites (N-methyl/N-ethyl adjacent to an activating group) is 1. The molecule has 2 aromatic carbocycles. The third-order valence-corrected chi connectivity index (χ3v) is 4.02. The fourth-order valence-electron chi connectivity index (χ4n) is 2.87. The fraction of sp³-hybridized carbons (Fsp3) is 0.368. The molecule has 0 aliphatic heterocycles. The molecule has 0 aliphatic rings. The largest absolute Gasteiger partial charge is 0.496 e. The lowest BCUT2D eigenvalue weighted by Gasteiger charge is -2.22. The summed E-state index contributed by atoms with van der Waals surface area (Å²) in [5.74, 6) is 0.953. The average molecular weight is 283 g/mol. The van der Waals surface area contributed by atoms with Crippen LogP contribution in [-0.4, -0.2) is 13.7 Å². The summed E-state index contributed by atoms with van der Waals surface area (Å²) in [4.78, 5) is 0. The minimum Gasteiger partial charge on any atom is -0.496 e. The van der Waals surface area contributed by atoms with Gasteiger partial charge in [0.15, 0.2) is 0 Å². The fourth-order valence-corrected chi connectivity index (χ4v) is 2.87. The first-order chi connectivity index (χ1) is 10.2. The van der Waals surface area contributed by atoms with E-state index in [-0.39, 0.29) is 6.04 Å². The smallest absolute Gasteiger partial charge is 0.123 e. The molecule has 0 heterocycles. The number of para-hydroxylation sites is 1. The van der Waals surface area contributed by atoms with E-state index in [9.17, 15) is 0 Å². The highest BCUT2D eigenvalue weighted by Gasteiger charge is 2.17. The Morgan fingerprint density at radius 1 is 1.00 bits per heavy atom. The summed E-state index contributed by atoms with van der Waals surface area (Å²) in [5.41, 5.74) is 5.36.